The van der Waals surface area contributed by atoms with Gasteiger partial charge in [0.15, 0.2) is 0 Å². The van der Waals surface area contributed by atoms with E-state index in [1.807, 2.05) is 0 Å². The van der Waals surface area contributed by atoms with Gasteiger partial charge in [-0.3, -0.25) is 0 Å². The molecule has 0 fully saturated rings. The van der Waals surface area contributed by atoms with Crippen molar-refractivity contribution >= 4 is 37.4 Å². The zero-order valence-corrected chi connectivity index (χ0v) is 32.1. The Kier molecular flexibility index (Phi) is 15.6. The van der Waals surface area contributed by atoms with Crippen molar-refractivity contribution in [2.45, 2.75) is 12.4 Å². The molecule has 0 saturated heterocycles. The maximum Gasteiger partial charge on any atom is -0.0809 e. The number of hydrogen-bond acceptors (Lipinski definition) is 2. The van der Waals surface area contributed by atoms with E-state index < -0.39 is 28.9 Å². The molecule has 0 aliphatic carbocycles. The van der Waals surface area contributed by atoms with Crippen molar-refractivity contribution < 1.29 is 59.9 Å². The predicted octanol–water partition coefficient (Wildman–Crippen LogP) is 11.3. The number of aromatic hydroxyl groups is 2. The van der Waals surface area contributed by atoms with Crippen LogP contribution in [0.2, 0.25) is 0 Å². The van der Waals surface area contributed by atoms with Gasteiger partial charge >= 0.3 is 112 Å². The second kappa shape index (κ2) is 20.3. The van der Waals surface area contributed by atoms with Crippen LogP contribution in [0.3, 0.4) is 0 Å². The van der Waals surface area contributed by atoms with Crippen molar-refractivity contribution in [2.75, 3.05) is 0 Å². The molecule has 2 N–H and O–H groups in total. The third-order valence-electron chi connectivity index (χ3n) is 7.61. The molecule has 0 aliphatic heterocycles. The molecule has 8 aromatic carbocycles. The Hall–Kier alpha value is -5.18. The molecule has 0 spiro atoms. The molecule has 0 amide bonds. The quantitative estimate of drug-likeness (QED) is 0.104. The van der Waals surface area contributed by atoms with Crippen LogP contribution >= 0.6 is 0 Å². The number of fused-ring (bicyclic) bond motifs is 2. The standard InChI is InChI=1S/C12H10Si.2C9H7.2C7H5F3O.Zr/c1-3-7-11(8-4-1)13-12-9-5-2-6-10-12;2*1-2-5-9-7-3-6-8(9)4-1;2*8-7(9,10)5-1-3-6(11)4-2-5;/h1-10H;2*1-7H;2*1-4,11H;/q;2*-1;;;+2. The first-order chi connectivity index (χ1) is 25.8. The topological polar surface area (TPSA) is 40.5 Å². The number of alkyl halides is 6. The van der Waals surface area contributed by atoms with E-state index in [-0.39, 0.29) is 11.5 Å². The third kappa shape index (κ3) is 13.7. The first kappa shape index (κ1) is 41.6. The number of halogens is 6. The molecule has 0 aromatic heterocycles. The first-order valence-electron chi connectivity index (χ1n) is 16.4. The summed E-state index contributed by atoms with van der Waals surface area (Å²) in [6.45, 7) is 0. The molecule has 0 unspecified atom stereocenters. The van der Waals surface area contributed by atoms with E-state index in [4.69, 9.17) is 10.2 Å². The summed E-state index contributed by atoms with van der Waals surface area (Å²) in [5, 5.41) is 25.7. The van der Waals surface area contributed by atoms with Crippen molar-refractivity contribution in [3.63, 3.8) is 0 Å². The number of rotatable bonds is 2. The average Bonchev–Trinajstić information content (AvgIpc) is 3.86. The van der Waals surface area contributed by atoms with E-state index >= 15 is 0 Å². The molecule has 8 rings (SSSR count). The summed E-state index contributed by atoms with van der Waals surface area (Å²) in [4.78, 5) is 0. The largest absolute Gasteiger partial charge is 0.168 e. The van der Waals surface area contributed by atoms with Gasteiger partial charge in [0.2, 0.25) is 0 Å². The fourth-order valence-corrected chi connectivity index (χ4v) is 8.66. The fraction of sp³-hybridized carbons (Fsp3) is 0.0455. The molecule has 0 radical (unpaired) electrons. The van der Waals surface area contributed by atoms with Crippen LogP contribution in [0.1, 0.15) is 11.1 Å². The first-order valence-corrected chi connectivity index (χ1v) is 21.6. The van der Waals surface area contributed by atoms with Gasteiger partial charge in [-0.05, 0) is 48.5 Å². The van der Waals surface area contributed by atoms with E-state index in [1.54, 1.807) is 23.3 Å². The van der Waals surface area contributed by atoms with Crippen molar-refractivity contribution in [3.8, 4) is 11.5 Å². The Morgan fingerprint density at radius 1 is 0.407 bits per heavy atom. The van der Waals surface area contributed by atoms with Crippen molar-refractivity contribution in [1.82, 2.24) is 0 Å². The molecule has 0 atom stereocenters. The van der Waals surface area contributed by atoms with E-state index in [2.05, 4.69) is 146 Å². The Morgan fingerprint density at radius 2 is 0.722 bits per heavy atom. The van der Waals surface area contributed by atoms with Gasteiger partial charge in [-0.2, -0.15) is 61.4 Å². The molecule has 0 saturated carbocycles. The normalized spacial score (nSPS) is 10.7. The summed E-state index contributed by atoms with van der Waals surface area (Å²) in [5.41, 5.74) is -1.96. The van der Waals surface area contributed by atoms with Crippen LogP contribution in [-0.2, 0) is 35.7 Å². The van der Waals surface area contributed by atoms with E-state index in [1.165, 1.54) is 31.9 Å². The number of hydrogen-bond donors (Lipinski definition) is 2. The minimum absolute atomic E-state index is 0.169. The number of benzene rings is 6. The van der Waals surface area contributed by atoms with Crippen LogP contribution < -0.4 is 10.4 Å². The monoisotopic (exact) mass is 826 g/mol. The minimum Gasteiger partial charge on any atom is -0.168 e. The van der Waals surface area contributed by atoms with Crippen LogP contribution in [0.25, 0.3) is 21.5 Å². The number of phenolic OH excluding ortho intramolecular Hbond substituents is 2. The Labute approximate surface area is 324 Å². The molecule has 0 aliphatic rings. The molecule has 8 aromatic rings. The second-order valence-corrected chi connectivity index (χ2v) is 17.1. The van der Waals surface area contributed by atoms with E-state index in [0.717, 1.165) is 48.5 Å². The van der Waals surface area contributed by atoms with Crippen LogP contribution in [-0.4, -0.2) is 15.6 Å². The van der Waals surface area contributed by atoms with Gasteiger partial charge in [0, 0.05) is 0 Å². The summed E-state index contributed by atoms with van der Waals surface area (Å²) < 4.78 is 71.0. The maximum atomic E-state index is 11.8. The van der Waals surface area contributed by atoms with Crippen molar-refractivity contribution in [3.05, 3.63) is 205 Å². The number of phenols is 2. The van der Waals surface area contributed by atoms with Crippen LogP contribution in [0.15, 0.2) is 194 Å². The summed E-state index contributed by atoms with van der Waals surface area (Å²) in [6, 6.07) is 58.3. The van der Waals surface area contributed by atoms with Crippen LogP contribution in [0.4, 0.5) is 26.3 Å². The van der Waals surface area contributed by atoms with Gasteiger partial charge < -0.3 is 10.2 Å². The zero-order valence-electron chi connectivity index (χ0n) is 28.6. The van der Waals surface area contributed by atoms with Gasteiger partial charge in [-0.15, -0.1) is 59.3 Å². The van der Waals surface area contributed by atoms with E-state index in [0.29, 0.717) is 0 Å². The SMILES string of the molecule is Oc1ccc(C(F)(F)F)cc1.Oc1ccc(C(F)(F)F)cc1.[Zr+2]=[Si](c1ccccc1)c1ccccc1.c1ccc2[cH-]ccc2c1.c1ccc2[cH-]ccc2c1. The van der Waals surface area contributed by atoms with Crippen molar-refractivity contribution in [2.24, 2.45) is 0 Å². The van der Waals surface area contributed by atoms with E-state index in [9.17, 15) is 26.3 Å². The fourth-order valence-electron chi connectivity index (χ4n) is 4.82. The predicted molar refractivity (Wildman–Crippen MR) is 203 cm³/mol. The average molecular weight is 828 g/mol. The second-order valence-electron chi connectivity index (χ2n) is 11.5. The van der Waals surface area contributed by atoms with Crippen molar-refractivity contribution in [1.29, 1.82) is 0 Å². The minimum atomic E-state index is -4.33. The Balaban J connectivity index is 0.000000152. The van der Waals surface area contributed by atoms with Gasteiger partial charge in [0.05, 0.1) is 11.1 Å². The van der Waals surface area contributed by atoms with Gasteiger partial charge in [0.25, 0.3) is 0 Å². The van der Waals surface area contributed by atoms with Gasteiger partial charge in [0.1, 0.15) is 11.5 Å². The molecule has 272 valence electrons. The third-order valence-corrected chi connectivity index (χ3v) is 13.7. The molecular formula is C44H34F6O2SiZr. The summed E-state index contributed by atoms with van der Waals surface area (Å²) >= 11 is 1.64. The summed E-state index contributed by atoms with van der Waals surface area (Å²) in [6.07, 6.45) is -8.65. The van der Waals surface area contributed by atoms with Crippen LogP contribution in [0.5, 0.6) is 11.5 Å². The molecule has 54 heavy (non-hydrogen) atoms. The Bertz CT molecular complexity index is 2060. The van der Waals surface area contributed by atoms with Gasteiger partial charge in [-0.25, -0.2) is 0 Å². The molecule has 0 bridgehead atoms. The zero-order chi connectivity index (χ0) is 39.0. The smallest absolute Gasteiger partial charge is 0.0809 e. The van der Waals surface area contributed by atoms with Gasteiger partial charge in [-0.1, -0.05) is 12.1 Å². The summed E-state index contributed by atoms with van der Waals surface area (Å²) in [5.74, 6) is -0.337. The molecular weight excluding hydrogens is 794 g/mol. The Morgan fingerprint density at radius 3 is 1.04 bits per heavy atom. The molecule has 10 heteroatoms. The maximum absolute atomic E-state index is 11.8. The van der Waals surface area contributed by atoms with Crippen LogP contribution in [0, 0.1) is 0 Å². The summed E-state index contributed by atoms with van der Waals surface area (Å²) in [7, 11) is 0. The molecule has 2 nitrogen and oxygen atoms in total. The molecule has 0 heterocycles.